The van der Waals surface area contributed by atoms with Crippen molar-refractivity contribution >= 4 is 11.9 Å². The number of halogens is 6. The summed E-state index contributed by atoms with van der Waals surface area (Å²) >= 11 is 0. The van der Waals surface area contributed by atoms with Crippen LogP contribution in [-0.2, 0) is 22.3 Å². The van der Waals surface area contributed by atoms with Crippen LogP contribution in [0.15, 0.2) is 42.5 Å². The van der Waals surface area contributed by atoms with E-state index in [9.17, 15) is 35.9 Å². The van der Waals surface area contributed by atoms with Crippen LogP contribution < -0.4 is 0 Å². The molecule has 0 saturated heterocycles. The summed E-state index contributed by atoms with van der Waals surface area (Å²) in [4.78, 5) is 25.3. The van der Waals surface area contributed by atoms with Gasteiger partial charge in [-0.25, -0.2) is 35.9 Å². The van der Waals surface area contributed by atoms with Crippen molar-refractivity contribution in [1.82, 2.24) is 0 Å². The van der Waals surface area contributed by atoms with Crippen molar-refractivity contribution in [3.05, 3.63) is 105 Å². The third-order valence-corrected chi connectivity index (χ3v) is 5.74. The standard InChI is InChI=1S/C25H16F6O4/c1-11-15(10-18(28)23(31)21(11)29)25(33)35-20-9-13-5-3-2-4-12(13)8-19(20)34-24(32)14-6-16(26)22(30)17(27)7-14/h2-7,10,19-20H,8-9H2,1H3. The van der Waals surface area contributed by atoms with Crippen LogP contribution >= 0.6 is 0 Å². The second-order valence-electron chi connectivity index (χ2n) is 7.98. The summed E-state index contributed by atoms with van der Waals surface area (Å²) in [7, 11) is 0. The maximum absolute atomic E-state index is 13.9. The average Bonchev–Trinajstić information content (AvgIpc) is 2.83. The maximum atomic E-state index is 13.9. The minimum atomic E-state index is -1.76. The van der Waals surface area contributed by atoms with Gasteiger partial charge in [0.1, 0.15) is 12.2 Å². The summed E-state index contributed by atoms with van der Waals surface area (Å²) in [5.74, 6) is -12.2. The minimum absolute atomic E-state index is 0.0388. The SMILES string of the molecule is Cc1c(C(=O)OC2Cc3ccccc3CC2OC(=O)c2cc(F)c(F)c(F)c2)cc(F)c(F)c1F. The van der Waals surface area contributed by atoms with Gasteiger partial charge in [0.05, 0.1) is 11.1 Å². The van der Waals surface area contributed by atoms with E-state index in [0.717, 1.165) is 18.1 Å². The highest BCUT2D eigenvalue weighted by Crippen LogP contribution is 2.28. The predicted octanol–water partition coefficient (Wildman–Crippen LogP) is 5.38. The van der Waals surface area contributed by atoms with Crippen LogP contribution in [0.3, 0.4) is 0 Å². The van der Waals surface area contributed by atoms with Gasteiger partial charge in [0, 0.05) is 18.4 Å². The number of benzene rings is 3. The smallest absolute Gasteiger partial charge is 0.339 e. The maximum Gasteiger partial charge on any atom is 0.339 e. The summed E-state index contributed by atoms with van der Waals surface area (Å²) in [5, 5.41) is 0. The summed E-state index contributed by atoms with van der Waals surface area (Å²) in [6, 6.07) is 8.35. The van der Waals surface area contributed by atoms with E-state index in [1.54, 1.807) is 24.3 Å². The van der Waals surface area contributed by atoms with E-state index in [4.69, 9.17) is 9.47 Å². The van der Waals surface area contributed by atoms with E-state index in [1.165, 1.54) is 0 Å². The summed E-state index contributed by atoms with van der Waals surface area (Å²) in [5.41, 5.74) is -0.165. The number of esters is 2. The Hall–Kier alpha value is -3.82. The number of carbonyl (C=O) groups excluding carboxylic acids is 2. The zero-order valence-corrected chi connectivity index (χ0v) is 18.0. The molecule has 0 bridgehead atoms. The van der Waals surface area contributed by atoms with Gasteiger partial charge in [-0.1, -0.05) is 24.3 Å². The van der Waals surface area contributed by atoms with Crippen LogP contribution in [0.25, 0.3) is 0 Å². The number of fused-ring (bicyclic) bond motifs is 1. The number of carbonyl (C=O) groups is 2. The molecule has 10 heteroatoms. The lowest BCUT2D eigenvalue weighted by Gasteiger charge is -2.32. The molecule has 4 nitrogen and oxygen atoms in total. The number of rotatable bonds is 4. The Morgan fingerprint density at radius 1 is 0.714 bits per heavy atom. The van der Waals surface area contributed by atoms with Crippen molar-refractivity contribution in [2.45, 2.75) is 32.0 Å². The molecule has 2 atom stereocenters. The van der Waals surface area contributed by atoms with E-state index in [-0.39, 0.29) is 12.8 Å². The molecule has 0 N–H and O–H groups in total. The van der Waals surface area contributed by atoms with Gasteiger partial charge in [-0.05, 0) is 36.2 Å². The molecular weight excluding hydrogens is 478 g/mol. The van der Waals surface area contributed by atoms with Crippen LogP contribution in [0.1, 0.15) is 37.4 Å². The normalized spacial score (nSPS) is 17.0. The van der Waals surface area contributed by atoms with Crippen molar-refractivity contribution in [3.63, 3.8) is 0 Å². The molecule has 0 saturated carbocycles. The zero-order chi connectivity index (χ0) is 25.4. The molecule has 0 heterocycles. The first-order valence-electron chi connectivity index (χ1n) is 10.3. The second-order valence-corrected chi connectivity index (χ2v) is 7.98. The van der Waals surface area contributed by atoms with E-state index in [2.05, 4.69) is 0 Å². The molecule has 3 aromatic rings. The fraction of sp³-hybridized carbons (Fsp3) is 0.200. The molecule has 1 aliphatic carbocycles. The summed E-state index contributed by atoms with van der Waals surface area (Å²) < 4.78 is 92.2. The second kappa shape index (κ2) is 9.44. The first kappa shape index (κ1) is 24.3. The van der Waals surface area contributed by atoms with E-state index in [1.807, 2.05) is 0 Å². The van der Waals surface area contributed by atoms with Gasteiger partial charge in [-0.3, -0.25) is 0 Å². The lowest BCUT2D eigenvalue weighted by Crippen LogP contribution is -2.41. The van der Waals surface area contributed by atoms with E-state index in [0.29, 0.717) is 18.2 Å². The molecule has 35 heavy (non-hydrogen) atoms. The van der Waals surface area contributed by atoms with Crippen LogP contribution in [0.5, 0.6) is 0 Å². The van der Waals surface area contributed by atoms with Gasteiger partial charge in [0.25, 0.3) is 0 Å². The Morgan fingerprint density at radius 2 is 1.20 bits per heavy atom. The molecule has 4 rings (SSSR count). The highest BCUT2D eigenvalue weighted by atomic mass is 19.2. The molecule has 0 spiro atoms. The largest absolute Gasteiger partial charge is 0.454 e. The van der Waals surface area contributed by atoms with Crippen molar-refractivity contribution < 1.29 is 45.4 Å². The van der Waals surface area contributed by atoms with E-state index < -0.39 is 75.7 Å². The fourth-order valence-electron chi connectivity index (χ4n) is 3.87. The number of hydrogen-bond donors (Lipinski definition) is 0. The molecule has 0 fully saturated rings. The van der Waals surface area contributed by atoms with Crippen LogP contribution in [0.2, 0.25) is 0 Å². The zero-order valence-electron chi connectivity index (χ0n) is 18.0. The monoisotopic (exact) mass is 494 g/mol. The van der Waals surface area contributed by atoms with Gasteiger partial charge in [0.2, 0.25) is 0 Å². The fourth-order valence-corrected chi connectivity index (χ4v) is 3.87. The van der Waals surface area contributed by atoms with Crippen LogP contribution in [-0.4, -0.2) is 24.1 Å². The third kappa shape index (κ3) is 4.73. The number of ether oxygens (including phenoxy) is 2. The molecule has 2 unspecified atom stereocenters. The van der Waals surface area contributed by atoms with Gasteiger partial charge in [-0.2, -0.15) is 0 Å². The van der Waals surface area contributed by atoms with Crippen molar-refractivity contribution in [2.75, 3.05) is 0 Å². The van der Waals surface area contributed by atoms with Crippen LogP contribution in [0, 0.1) is 41.8 Å². The quantitative estimate of drug-likeness (QED) is 0.278. The molecule has 1 aliphatic rings. The lowest BCUT2D eigenvalue weighted by atomic mass is 9.87. The van der Waals surface area contributed by atoms with Gasteiger partial charge in [-0.15, -0.1) is 0 Å². The molecular formula is C25H16F6O4. The molecule has 3 aromatic carbocycles. The van der Waals surface area contributed by atoms with Crippen molar-refractivity contribution in [3.8, 4) is 0 Å². The Labute approximate surface area is 195 Å². The Balaban J connectivity index is 1.63. The topological polar surface area (TPSA) is 52.6 Å². The van der Waals surface area contributed by atoms with Gasteiger partial charge in [0.15, 0.2) is 34.9 Å². The Bertz CT molecular complexity index is 1320. The summed E-state index contributed by atoms with van der Waals surface area (Å²) in [6.07, 6.45) is -2.24. The van der Waals surface area contributed by atoms with Crippen molar-refractivity contribution in [1.29, 1.82) is 0 Å². The van der Waals surface area contributed by atoms with Gasteiger partial charge >= 0.3 is 11.9 Å². The first-order chi connectivity index (χ1) is 16.6. The highest BCUT2D eigenvalue weighted by molar-refractivity contribution is 5.91. The predicted molar refractivity (Wildman–Crippen MR) is 110 cm³/mol. The average molecular weight is 494 g/mol. The van der Waals surface area contributed by atoms with Gasteiger partial charge < -0.3 is 9.47 Å². The van der Waals surface area contributed by atoms with Crippen molar-refractivity contribution in [2.24, 2.45) is 0 Å². The minimum Gasteiger partial charge on any atom is -0.454 e. The summed E-state index contributed by atoms with van der Waals surface area (Å²) in [6.45, 7) is 1.07. The lowest BCUT2D eigenvalue weighted by molar-refractivity contribution is -0.0390. The highest BCUT2D eigenvalue weighted by Gasteiger charge is 2.36. The molecule has 0 aliphatic heterocycles. The third-order valence-electron chi connectivity index (χ3n) is 5.74. The molecule has 0 radical (unpaired) electrons. The molecule has 182 valence electrons. The molecule has 0 aromatic heterocycles. The van der Waals surface area contributed by atoms with Crippen LogP contribution in [0.4, 0.5) is 26.3 Å². The number of hydrogen-bond acceptors (Lipinski definition) is 4. The molecule has 0 amide bonds. The first-order valence-corrected chi connectivity index (χ1v) is 10.3. The Morgan fingerprint density at radius 3 is 1.74 bits per heavy atom. The van der Waals surface area contributed by atoms with E-state index >= 15 is 0 Å². The Kier molecular flexibility index (Phi) is 6.56.